The maximum absolute atomic E-state index is 13.2. The van der Waals surface area contributed by atoms with Gasteiger partial charge in [-0.25, -0.2) is 28.0 Å². The molecule has 0 radical (unpaired) electrons. The average molecular weight is 1010 g/mol. The fourth-order valence-corrected chi connectivity index (χ4v) is 12.0. The molecule has 6 aliphatic carbocycles. The molecule has 2 saturated heterocycles. The zero-order valence-electron chi connectivity index (χ0n) is 41.0. The molecule has 5 fully saturated rings. The van der Waals surface area contributed by atoms with E-state index in [2.05, 4.69) is 47.5 Å². The third-order valence-corrected chi connectivity index (χ3v) is 16.2. The number of hydrogen-bond acceptors (Lipinski definition) is 10. The molecule has 3 saturated carbocycles. The molecule has 3 aromatic carbocycles. The fraction of sp³-hybridized carbons (Fsp3) is 0.418. The summed E-state index contributed by atoms with van der Waals surface area (Å²) in [5.74, 6) is 2.10. The van der Waals surface area contributed by atoms with Crippen LogP contribution in [0.15, 0.2) is 108 Å². The highest BCUT2D eigenvalue weighted by Gasteiger charge is 2.62. The fourth-order valence-electron chi connectivity index (χ4n) is 12.0. The second-order valence-corrected chi connectivity index (χ2v) is 20.1. The first kappa shape index (κ1) is 51.2. The number of benzene rings is 3. The molecule has 13 rings (SSSR count). The zero-order valence-corrected chi connectivity index (χ0v) is 41.7. The lowest BCUT2D eigenvalue weighted by Gasteiger charge is -2.43. The van der Waals surface area contributed by atoms with E-state index in [9.17, 15) is 22.8 Å². The standard InChI is InChI=1S/C19H19FN2O2.C17H15FN2O.C13H18O4.C6H7FN2.ClH/c1-18-11-13-12-21-22(16-4-2-15(20)3-5-16)17(13)10-14(18)6-7-19(18)23-8-9-24-19;1-17-9-11-10-19-20(14-5-3-13(18)4-6-14)15(11)8-12(17)2-7-16(17)21;1-12-8-11(15-2)10(14)7-9(12)3-4-13(12)16-5-6-17-13;7-5-1-3-6(9-8)4-2-5;/h2-5,10,12H,6-9,11H2,1H3;3-6,8,10H,2,7,9H2,1H3;7,11H,3-6,8H2,1-2H3;1-4,9H,8H2;1H/t18-;17-;11?,12-;;/m000../s1. The Balaban J connectivity index is 0.000000123. The number of nitrogens with zero attached hydrogens (tertiary/aromatic N) is 4. The summed E-state index contributed by atoms with van der Waals surface area (Å²) in [4.78, 5) is 24.0. The highest BCUT2D eigenvalue weighted by atomic mass is 35.5. The van der Waals surface area contributed by atoms with Crippen molar-refractivity contribution in [3.63, 3.8) is 0 Å². The number of carbonyl (C=O) groups excluding carboxylic acids is 2. The van der Waals surface area contributed by atoms with Crippen LogP contribution < -0.4 is 23.7 Å². The van der Waals surface area contributed by atoms with Crippen LogP contribution in [0.3, 0.4) is 0 Å². The maximum atomic E-state index is 13.2. The molecular formula is C55H60ClF3N6O7. The van der Waals surface area contributed by atoms with Gasteiger partial charge in [0.15, 0.2) is 17.4 Å². The smallest absolute Gasteiger partial charge is 0.184 e. The van der Waals surface area contributed by atoms with Crippen LogP contribution >= 0.6 is 0 Å². The van der Waals surface area contributed by atoms with Gasteiger partial charge in [0.05, 0.1) is 72.7 Å². The van der Waals surface area contributed by atoms with Gasteiger partial charge in [-0.1, -0.05) is 30.6 Å². The van der Waals surface area contributed by atoms with Gasteiger partial charge in [0.1, 0.15) is 29.3 Å². The summed E-state index contributed by atoms with van der Waals surface area (Å²) in [6.07, 6.45) is 16.8. The minimum absolute atomic E-state index is 0. The van der Waals surface area contributed by atoms with Gasteiger partial charge >= 0.3 is 0 Å². The number of anilines is 1. The van der Waals surface area contributed by atoms with Gasteiger partial charge in [0, 0.05) is 37.2 Å². The number of nitrogens with one attached hydrogen (secondary N) is 1. The first-order valence-corrected chi connectivity index (χ1v) is 24.4. The van der Waals surface area contributed by atoms with E-state index in [0.29, 0.717) is 51.5 Å². The van der Waals surface area contributed by atoms with Crippen LogP contribution in [0.25, 0.3) is 23.5 Å². The van der Waals surface area contributed by atoms with E-state index >= 15 is 0 Å². The van der Waals surface area contributed by atoms with Crippen LogP contribution in [0.5, 0.6) is 0 Å². The lowest BCUT2D eigenvalue weighted by atomic mass is 9.71. The molecule has 5 aromatic rings. The summed E-state index contributed by atoms with van der Waals surface area (Å²) in [6, 6.07) is 18.8. The zero-order chi connectivity index (χ0) is 49.8. The molecule has 2 aromatic heterocycles. The summed E-state index contributed by atoms with van der Waals surface area (Å²) in [5.41, 5.74) is 12.6. The van der Waals surface area contributed by atoms with E-state index in [0.717, 1.165) is 78.1 Å². The van der Waals surface area contributed by atoms with Gasteiger partial charge in [0.25, 0.3) is 0 Å². The van der Waals surface area contributed by atoms with E-state index in [1.807, 2.05) is 28.7 Å². The summed E-state index contributed by atoms with van der Waals surface area (Å²) >= 11 is 0. The highest BCUT2D eigenvalue weighted by Crippen LogP contribution is 2.60. The van der Waals surface area contributed by atoms with Crippen LogP contribution in [-0.4, -0.2) is 82.3 Å². The topological polar surface area (TPSA) is 156 Å². The number of fused-ring (bicyclic) bond motifs is 7. The van der Waals surface area contributed by atoms with Gasteiger partial charge in [0.2, 0.25) is 0 Å². The Kier molecular flexibility index (Phi) is 14.2. The molecule has 4 N–H and O–H groups in total. The SMILES string of the molecule is COC1C[C@@]2(C)C(=CC1=O)CCC21OCCO1.C[C@]12Cc3cnn(-c4ccc(F)cc4)c3C=C1CCC21OCCO1.C[C@]12Cc3cnn(-c4ccc(F)cc4)c3C=C1CCC2=O.[Cl-].[NH3+]Nc1ccc(F)cc1. The quantitative estimate of drug-likeness (QED) is 0.216. The number of Topliss-reactive ketones (excluding diaryl/α,β-unsaturated/α-hetero) is 1. The number of halogens is 4. The third-order valence-electron chi connectivity index (χ3n) is 16.2. The van der Waals surface area contributed by atoms with E-state index in [1.54, 1.807) is 49.6 Å². The number of aromatic nitrogens is 4. The molecule has 0 amide bonds. The molecule has 13 nitrogen and oxygen atoms in total. The van der Waals surface area contributed by atoms with Crippen molar-refractivity contribution in [1.29, 1.82) is 0 Å². The molecular weight excluding hydrogens is 949 g/mol. The number of hydrogen-bond donors (Lipinski definition) is 2. The molecule has 8 aliphatic rings. The predicted molar refractivity (Wildman–Crippen MR) is 258 cm³/mol. The second kappa shape index (κ2) is 19.9. The number of quaternary nitrogens is 1. The number of allylic oxidation sites excluding steroid dienone is 1. The van der Waals surface area contributed by atoms with Gasteiger partial charge in [-0.3, -0.25) is 15.4 Å². The molecule has 72 heavy (non-hydrogen) atoms. The van der Waals surface area contributed by atoms with Crippen molar-refractivity contribution in [2.75, 3.05) is 39.0 Å². The molecule has 1 unspecified atom stereocenters. The first-order valence-electron chi connectivity index (χ1n) is 24.4. The Bertz CT molecular complexity index is 2920. The highest BCUT2D eigenvalue weighted by molar-refractivity contribution is 5.96. The van der Waals surface area contributed by atoms with Crippen molar-refractivity contribution >= 4 is 29.4 Å². The Morgan fingerprint density at radius 2 is 1.08 bits per heavy atom. The Morgan fingerprint density at radius 1 is 0.625 bits per heavy atom. The summed E-state index contributed by atoms with van der Waals surface area (Å²) in [6.45, 7) is 9.05. The Morgan fingerprint density at radius 3 is 1.58 bits per heavy atom. The summed E-state index contributed by atoms with van der Waals surface area (Å²) in [5, 5.41) is 8.96. The van der Waals surface area contributed by atoms with Crippen LogP contribution in [0.1, 0.15) is 88.2 Å². The van der Waals surface area contributed by atoms with Crippen molar-refractivity contribution in [2.24, 2.45) is 16.2 Å². The van der Waals surface area contributed by atoms with Gasteiger partial charge < -0.3 is 36.1 Å². The lowest BCUT2D eigenvalue weighted by molar-refractivity contribution is -0.325. The minimum atomic E-state index is -0.518. The Labute approximate surface area is 422 Å². The van der Waals surface area contributed by atoms with Crippen LogP contribution in [0.2, 0.25) is 0 Å². The summed E-state index contributed by atoms with van der Waals surface area (Å²) in [7, 11) is 1.59. The summed E-state index contributed by atoms with van der Waals surface area (Å²) < 4.78 is 71.3. The van der Waals surface area contributed by atoms with Crippen molar-refractivity contribution in [2.45, 2.75) is 96.2 Å². The molecule has 0 bridgehead atoms. The number of methoxy groups -OCH3 is 1. The predicted octanol–water partition coefficient (Wildman–Crippen LogP) is 5.66. The number of rotatable bonds is 4. The number of ketones is 2. The number of carbonyl (C=O) groups is 2. The van der Waals surface area contributed by atoms with E-state index in [4.69, 9.17) is 23.7 Å². The van der Waals surface area contributed by atoms with E-state index in [-0.39, 0.29) is 58.0 Å². The van der Waals surface area contributed by atoms with Crippen LogP contribution in [-0.2, 0) is 46.1 Å². The average Bonchev–Trinajstić information content (AvgIpc) is 4.27. The third kappa shape index (κ3) is 8.88. The van der Waals surface area contributed by atoms with Gasteiger partial charge in [-0.15, -0.1) is 0 Å². The molecule has 4 heterocycles. The Hall–Kier alpha value is -5.72. The monoisotopic (exact) mass is 1010 g/mol. The largest absolute Gasteiger partial charge is 1.00 e. The van der Waals surface area contributed by atoms with Crippen LogP contribution in [0.4, 0.5) is 18.9 Å². The van der Waals surface area contributed by atoms with E-state index < -0.39 is 11.6 Å². The lowest BCUT2D eigenvalue weighted by Crippen LogP contribution is -3.00. The normalized spacial score (nSPS) is 26.4. The van der Waals surface area contributed by atoms with Gasteiger partial charge in [-0.2, -0.15) is 10.2 Å². The number of ether oxygens (including phenoxy) is 5. The molecule has 17 heteroatoms. The van der Waals surface area contributed by atoms with Crippen molar-refractivity contribution < 1.29 is 64.7 Å². The van der Waals surface area contributed by atoms with E-state index in [1.165, 1.54) is 53.1 Å². The second-order valence-electron chi connectivity index (χ2n) is 20.1. The molecule has 4 atom stereocenters. The van der Waals surface area contributed by atoms with Crippen molar-refractivity contribution in [3.05, 3.63) is 148 Å². The maximum Gasteiger partial charge on any atom is 0.184 e. The first-order chi connectivity index (χ1) is 34.1. The molecule has 2 aliphatic heterocycles. The molecule has 380 valence electrons. The van der Waals surface area contributed by atoms with Crippen molar-refractivity contribution in [1.82, 2.24) is 19.6 Å². The molecule has 2 spiro atoms. The minimum Gasteiger partial charge on any atom is -1.00 e. The van der Waals surface area contributed by atoms with Crippen molar-refractivity contribution in [3.8, 4) is 11.4 Å². The van der Waals surface area contributed by atoms with Crippen LogP contribution in [0, 0.1) is 33.7 Å². The van der Waals surface area contributed by atoms with Gasteiger partial charge in [-0.05, 0) is 148 Å².